The standard InChI is InChI=1S/C15H18FNO2/c16-13-8-12(4-3-6-17)9-15(10-13)19-11-14-5-1-2-7-18-14/h8-10,14H,1-2,5-7,11,17H2. The molecular weight excluding hydrogens is 245 g/mol. The molecular formula is C15H18FNO2. The van der Waals surface area contributed by atoms with Crippen LogP contribution in [0.2, 0.25) is 0 Å². The molecule has 1 saturated heterocycles. The molecule has 0 radical (unpaired) electrons. The molecule has 19 heavy (non-hydrogen) atoms. The van der Waals surface area contributed by atoms with Crippen molar-refractivity contribution < 1.29 is 13.9 Å². The number of benzene rings is 1. The summed E-state index contributed by atoms with van der Waals surface area (Å²) < 4.78 is 24.6. The van der Waals surface area contributed by atoms with Crippen molar-refractivity contribution in [1.82, 2.24) is 0 Å². The van der Waals surface area contributed by atoms with E-state index in [1.165, 1.54) is 12.1 Å². The third kappa shape index (κ3) is 4.55. The van der Waals surface area contributed by atoms with Crippen molar-refractivity contribution in [3.8, 4) is 17.6 Å². The first-order valence-electron chi connectivity index (χ1n) is 6.52. The van der Waals surface area contributed by atoms with E-state index < -0.39 is 0 Å². The van der Waals surface area contributed by atoms with E-state index in [9.17, 15) is 4.39 Å². The number of ether oxygens (including phenoxy) is 2. The number of nitrogens with two attached hydrogens (primary N) is 1. The molecule has 0 aromatic heterocycles. The van der Waals surface area contributed by atoms with Crippen LogP contribution < -0.4 is 10.5 Å². The van der Waals surface area contributed by atoms with Crippen LogP contribution in [0.3, 0.4) is 0 Å². The van der Waals surface area contributed by atoms with Gasteiger partial charge in [-0.05, 0) is 31.4 Å². The maximum atomic E-state index is 13.4. The van der Waals surface area contributed by atoms with Gasteiger partial charge >= 0.3 is 0 Å². The molecule has 1 aliphatic rings. The first-order valence-corrected chi connectivity index (χ1v) is 6.52. The van der Waals surface area contributed by atoms with Crippen LogP contribution in [0.15, 0.2) is 18.2 Å². The third-order valence-electron chi connectivity index (χ3n) is 2.92. The van der Waals surface area contributed by atoms with Crippen molar-refractivity contribution in [2.45, 2.75) is 25.4 Å². The third-order valence-corrected chi connectivity index (χ3v) is 2.92. The van der Waals surface area contributed by atoms with Gasteiger partial charge < -0.3 is 15.2 Å². The van der Waals surface area contributed by atoms with E-state index in [0.717, 1.165) is 25.9 Å². The summed E-state index contributed by atoms with van der Waals surface area (Å²) in [7, 11) is 0. The van der Waals surface area contributed by atoms with Gasteiger partial charge in [-0.2, -0.15) is 0 Å². The minimum atomic E-state index is -0.358. The van der Waals surface area contributed by atoms with Gasteiger partial charge in [-0.15, -0.1) is 0 Å². The summed E-state index contributed by atoms with van der Waals surface area (Å²) in [4.78, 5) is 0. The second-order valence-corrected chi connectivity index (χ2v) is 4.48. The zero-order valence-electron chi connectivity index (χ0n) is 10.8. The van der Waals surface area contributed by atoms with E-state index in [4.69, 9.17) is 15.2 Å². The Morgan fingerprint density at radius 1 is 1.37 bits per heavy atom. The van der Waals surface area contributed by atoms with Crippen LogP contribution in [0.5, 0.6) is 5.75 Å². The molecule has 1 aromatic carbocycles. The van der Waals surface area contributed by atoms with Crippen LogP contribution in [0, 0.1) is 17.7 Å². The predicted molar refractivity (Wildman–Crippen MR) is 71.4 cm³/mol. The molecule has 4 heteroatoms. The quantitative estimate of drug-likeness (QED) is 0.849. The van der Waals surface area contributed by atoms with Gasteiger partial charge in [-0.25, -0.2) is 4.39 Å². The first-order chi connectivity index (χ1) is 9.28. The lowest BCUT2D eigenvalue weighted by Gasteiger charge is -2.22. The van der Waals surface area contributed by atoms with Gasteiger partial charge in [0.2, 0.25) is 0 Å². The van der Waals surface area contributed by atoms with Crippen LogP contribution in [0.1, 0.15) is 24.8 Å². The van der Waals surface area contributed by atoms with Crippen molar-refractivity contribution in [3.63, 3.8) is 0 Å². The highest BCUT2D eigenvalue weighted by atomic mass is 19.1. The van der Waals surface area contributed by atoms with Crippen LogP contribution in [-0.2, 0) is 4.74 Å². The molecule has 1 fully saturated rings. The van der Waals surface area contributed by atoms with Crippen LogP contribution in [-0.4, -0.2) is 25.9 Å². The van der Waals surface area contributed by atoms with Crippen molar-refractivity contribution in [2.24, 2.45) is 5.73 Å². The summed E-state index contributed by atoms with van der Waals surface area (Å²) in [5.41, 5.74) is 5.87. The second-order valence-electron chi connectivity index (χ2n) is 4.48. The van der Waals surface area contributed by atoms with Gasteiger partial charge in [-0.1, -0.05) is 11.8 Å². The van der Waals surface area contributed by atoms with Crippen molar-refractivity contribution in [1.29, 1.82) is 0 Å². The fraction of sp³-hybridized carbons (Fsp3) is 0.467. The largest absolute Gasteiger partial charge is 0.491 e. The fourth-order valence-corrected chi connectivity index (χ4v) is 2.00. The Balaban J connectivity index is 1.97. The Hall–Kier alpha value is -1.57. The van der Waals surface area contributed by atoms with Gasteiger partial charge in [0.25, 0.3) is 0 Å². The Kier molecular flexibility index (Phi) is 5.20. The van der Waals surface area contributed by atoms with Crippen molar-refractivity contribution in [3.05, 3.63) is 29.6 Å². The molecule has 1 aliphatic heterocycles. The van der Waals surface area contributed by atoms with Gasteiger partial charge in [-0.3, -0.25) is 0 Å². The molecule has 102 valence electrons. The van der Waals surface area contributed by atoms with Crippen molar-refractivity contribution in [2.75, 3.05) is 19.8 Å². The predicted octanol–water partition coefficient (Wildman–Crippen LogP) is 2.08. The zero-order chi connectivity index (χ0) is 13.5. The van der Waals surface area contributed by atoms with Crippen LogP contribution in [0.4, 0.5) is 4.39 Å². The molecule has 0 aliphatic carbocycles. The minimum absolute atomic E-state index is 0.107. The van der Waals surface area contributed by atoms with E-state index in [-0.39, 0.29) is 18.5 Å². The lowest BCUT2D eigenvalue weighted by molar-refractivity contribution is -0.0111. The fourth-order valence-electron chi connectivity index (χ4n) is 2.00. The maximum absolute atomic E-state index is 13.4. The summed E-state index contributed by atoms with van der Waals surface area (Å²) in [6, 6.07) is 4.44. The normalized spacial score (nSPS) is 18.5. The molecule has 2 rings (SSSR count). The highest BCUT2D eigenvalue weighted by Crippen LogP contribution is 2.18. The van der Waals surface area contributed by atoms with Crippen molar-refractivity contribution >= 4 is 0 Å². The molecule has 0 spiro atoms. The summed E-state index contributed by atoms with van der Waals surface area (Å²) in [6.07, 6.45) is 3.37. The topological polar surface area (TPSA) is 44.5 Å². The summed E-state index contributed by atoms with van der Waals surface area (Å²) in [5, 5.41) is 0. The first kappa shape index (κ1) is 13.9. The average Bonchev–Trinajstić information content (AvgIpc) is 2.43. The Morgan fingerprint density at radius 2 is 2.26 bits per heavy atom. The molecule has 1 aromatic rings. The van der Waals surface area contributed by atoms with Gasteiger partial charge in [0.05, 0.1) is 12.6 Å². The highest BCUT2D eigenvalue weighted by molar-refractivity contribution is 5.40. The van der Waals surface area contributed by atoms with E-state index >= 15 is 0 Å². The van der Waals surface area contributed by atoms with Crippen LogP contribution >= 0.6 is 0 Å². The Bertz CT molecular complexity index is 473. The molecule has 1 heterocycles. The Morgan fingerprint density at radius 3 is 3.00 bits per heavy atom. The number of hydrogen-bond donors (Lipinski definition) is 1. The molecule has 0 bridgehead atoms. The molecule has 0 saturated carbocycles. The minimum Gasteiger partial charge on any atom is -0.491 e. The summed E-state index contributed by atoms with van der Waals surface area (Å²) in [6.45, 7) is 1.49. The van der Waals surface area contributed by atoms with E-state index in [1.54, 1.807) is 6.07 Å². The monoisotopic (exact) mass is 263 g/mol. The second kappa shape index (κ2) is 7.13. The van der Waals surface area contributed by atoms with Gasteiger partial charge in [0.1, 0.15) is 18.2 Å². The molecule has 0 amide bonds. The molecule has 3 nitrogen and oxygen atoms in total. The highest BCUT2D eigenvalue weighted by Gasteiger charge is 2.14. The lowest BCUT2D eigenvalue weighted by atomic mass is 10.1. The number of rotatable bonds is 3. The van der Waals surface area contributed by atoms with Gasteiger partial charge in [0, 0.05) is 18.2 Å². The maximum Gasteiger partial charge on any atom is 0.128 e. The van der Waals surface area contributed by atoms with E-state index in [1.807, 2.05) is 0 Å². The van der Waals surface area contributed by atoms with E-state index in [0.29, 0.717) is 17.9 Å². The summed E-state index contributed by atoms with van der Waals surface area (Å²) in [5.74, 6) is 5.62. The SMILES string of the molecule is NCC#Cc1cc(F)cc(OCC2CCCCO2)c1. The lowest BCUT2D eigenvalue weighted by Crippen LogP contribution is -2.25. The zero-order valence-corrected chi connectivity index (χ0v) is 10.8. The Labute approximate surface area is 112 Å². The summed E-state index contributed by atoms with van der Waals surface area (Å²) >= 11 is 0. The van der Waals surface area contributed by atoms with Gasteiger partial charge in [0.15, 0.2) is 0 Å². The van der Waals surface area contributed by atoms with Crippen LogP contribution in [0.25, 0.3) is 0 Å². The molecule has 1 unspecified atom stereocenters. The molecule has 1 atom stereocenters. The van der Waals surface area contributed by atoms with E-state index in [2.05, 4.69) is 11.8 Å². The number of hydrogen-bond acceptors (Lipinski definition) is 3. The molecule has 2 N–H and O–H groups in total. The number of halogens is 1. The smallest absolute Gasteiger partial charge is 0.128 e. The average molecular weight is 263 g/mol.